The number of carbonyl (C=O) groups excluding carboxylic acids is 1. The number of ether oxygens (including phenoxy) is 1. The van der Waals surface area contributed by atoms with Gasteiger partial charge in [0.2, 0.25) is 0 Å². The average molecular weight is 356 g/mol. The fourth-order valence-electron chi connectivity index (χ4n) is 2.12. The lowest BCUT2D eigenvalue weighted by atomic mass is 10.1. The minimum absolute atomic E-state index is 0.0237. The number of esters is 1. The van der Waals surface area contributed by atoms with Gasteiger partial charge in [-0.1, -0.05) is 12.1 Å². The number of non-ortho nitro benzene ring substituents is 1. The van der Waals surface area contributed by atoms with E-state index in [0.717, 1.165) is 5.69 Å². The number of anilines is 2. The van der Waals surface area contributed by atoms with Gasteiger partial charge in [-0.05, 0) is 31.2 Å². The third-order valence-corrected chi connectivity index (χ3v) is 3.50. The molecule has 0 aliphatic heterocycles. The predicted molar refractivity (Wildman–Crippen MR) is 101 cm³/mol. The molecule has 8 nitrogen and oxygen atoms in total. The molecule has 0 radical (unpaired) electrons. The molecular formula is C18H20N4O4. The van der Waals surface area contributed by atoms with Gasteiger partial charge in [0.15, 0.2) is 5.71 Å². The van der Waals surface area contributed by atoms with Gasteiger partial charge < -0.3 is 9.64 Å². The molecule has 0 bridgehead atoms. The van der Waals surface area contributed by atoms with Crippen LogP contribution in [-0.4, -0.2) is 37.3 Å². The molecule has 136 valence electrons. The van der Waals surface area contributed by atoms with Crippen molar-refractivity contribution in [2.45, 2.75) is 6.92 Å². The number of carbonyl (C=O) groups is 1. The Hall–Kier alpha value is -3.42. The van der Waals surface area contributed by atoms with Crippen LogP contribution in [0.15, 0.2) is 53.6 Å². The number of hydrazone groups is 1. The normalized spacial score (nSPS) is 11.0. The van der Waals surface area contributed by atoms with Gasteiger partial charge in [0, 0.05) is 37.5 Å². The lowest BCUT2D eigenvalue weighted by Gasteiger charge is -2.13. The summed E-state index contributed by atoms with van der Waals surface area (Å²) >= 11 is 0. The Morgan fingerprint density at radius 1 is 1.15 bits per heavy atom. The Labute approximate surface area is 151 Å². The van der Waals surface area contributed by atoms with E-state index in [-0.39, 0.29) is 18.0 Å². The Morgan fingerprint density at radius 2 is 1.77 bits per heavy atom. The van der Waals surface area contributed by atoms with Gasteiger partial charge in [-0.25, -0.2) is 4.79 Å². The Balaban J connectivity index is 2.27. The van der Waals surface area contributed by atoms with Crippen molar-refractivity contribution in [2.24, 2.45) is 5.10 Å². The van der Waals surface area contributed by atoms with Crippen LogP contribution < -0.4 is 10.3 Å². The number of benzene rings is 2. The van der Waals surface area contributed by atoms with Crippen molar-refractivity contribution >= 4 is 28.7 Å². The minimum Gasteiger partial charge on any atom is -0.461 e. The predicted octanol–water partition coefficient (Wildman–Crippen LogP) is 3.04. The second-order valence-corrected chi connectivity index (χ2v) is 5.54. The van der Waals surface area contributed by atoms with E-state index in [1.807, 2.05) is 31.1 Å². The number of hydrogen-bond acceptors (Lipinski definition) is 7. The van der Waals surface area contributed by atoms with E-state index in [0.29, 0.717) is 11.3 Å². The van der Waals surface area contributed by atoms with E-state index >= 15 is 0 Å². The molecule has 0 unspecified atom stereocenters. The van der Waals surface area contributed by atoms with Crippen LogP contribution in [0.5, 0.6) is 0 Å². The zero-order chi connectivity index (χ0) is 19.1. The first-order chi connectivity index (χ1) is 12.4. The Morgan fingerprint density at radius 3 is 2.27 bits per heavy atom. The van der Waals surface area contributed by atoms with Gasteiger partial charge in [0.25, 0.3) is 5.69 Å². The molecule has 0 amide bonds. The molecule has 8 heteroatoms. The zero-order valence-corrected chi connectivity index (χ0v) is 14.8. The molecule has 0 heterocycles. The fraction of sp³-hybridized carbons (Fsp3) is 0.222. The zero-order valence-electron chi connectivity index (χ0n) is 14.8. The first-order valence-electron chi connectivity index (χ1n) is 7.95. The van der Waals surface area contributed by atoms with Gasteiger partial charge in [-0.2, -0.15) is 5.10 Å². The van der Waals surface area contributed by atoms with E-state index in [4.69, 9.17) is 4.74 Å². The van der Waals surface area contributed by atoms with Crippen molar-refractivity contribution in [2.75, 3.05) is 31.0 Å². The third-order valence-electron chi connectivity index (χ3n) is 3.50. The van der Waals surface area contributed by atoms with Gasteiger partial charge in [0.05, 0.1) is 17.2 Å². The molecule has 1 N–H and O–H groups in total. The Kier molecular flexibility index (Phi) is 6.26. The van der Waals surface area contributed by atoms with E-state index in [2.05, 4.69) is 10.5 Å². The lowest BCUT2D eigenvalue weighted by molar-refractivity contribution is -0.384. The summed E-state index contributed by atoms with van der Waals surface area (Å²) in [6.45, 7) is 1.94. The number of nitrogens with one attached hydrogen (secondary N) is 1. The van der Waals surface area contributed by atoms with E-state index in [9.17, 15) is 14.9 Å². The summed E-state index contributed by atoms with van der Waals surface area (Å²) in [5.74, 6) is -0.556. The molecular weight excluding hydrogens is 336 g/mol. The first-order valence-corrected chi connectivity index (χ1v) is 7.95. The largest absolute Gasteiger partial charge is 0.461 e. The quantitative estimate of drug-likeness (QED) is 0.354. The summed E-state index contributed by atoms with van der Waals surface area (Å²) in [4.78, 5) is 24.4. The second kappa shape index (κ2) is 8.61. The number of rotatable bonds is 7. The summed E-state index contributed by atoms with van der Waals surface area (Å²) in [7, 11) is 3.84. The molecule has 2 aromatic rings. The highest BCUT2D eigenvalue weighted by Gasteiger charge is 2.16. The molecule has 0 aliphatic carbocycles. The number of nitrogens with zero attached hydrogens (tertiary/aromatic N) is 3. The van der Waals surface area contributed by atoms with Crippen LogP contribution in [0.25, 0.3) is 0 Å². The topological polar surface area (TPSA) is 97.1 Å². The van der Waals surface area contributed by atoms with Gasteiger partial charge in [-0.15, -0.1) is 0 Å². The van der Waals surface area contributed by atoms with Crippen LogP contribution in [-0.2, 0) is 9.53 Å². The molecule has 2 rings (SSSR count). The van der Waals surface area contributed by atoms with Crippen LogP contribution >= 0.6 is 0 Å². The van der Waals surface area contributed by atoms with E-state index in [1.54, 1.807) is 19.1 Å². The lowest BCUT2D eigenvalue weighted by Crippen LogP contribution is -2.20. The van der Waals surface area contributed by atoms with Crippen LogP contribution in [0.2, 0.25) is 0 Å². The molecule has 0 fully saturated rings. The molecule has 2 aromatic carbocycles. The number of hydrogen-bond donors (Lipinski definition) is 1. The van der Waals surface area contributed by atoms with Crippen LogP contribution in [0, 0.1) is 10.1 Å². The minimum atomic E-state index is -0.556. The molecule has 0 aromatic heterocycles. The SMILES string of the molecule is CCOC(=O)/C(=N\Nc1ccc([N+](=O)[O-])cc1)c1ccc(N(C)C)cc1. The number of nitro groups is 1. The standard InChI is InChI=1S/C18H20N4O4/c1-4-26-18(23)17(13-5-9-15(10-6-13)21(2)3)20-19-14-7-11-16(12-8-14)22(24)25/h5-12,19H,4H2,1-3H3/b20-17-. The van der Waals surface area contributed by atoms with Crippen LogP contribution in [0.1, 0.15) is 12.5 Å². The summed E-state index contributed by atoms with van der Waals surface area (Å²) in [5, 5.41) is 14.8. The number of nitro benzene ring substituents is 1. The van der Waals surface area contributed by atoms with Crippen LogP contribution in [0.3, 0.4) is 0 Å². The maximum absolute atomic E-state index is 12.2. The molecule has 26 heavy (non-hydrogen) atoms. The molecule has 0 atom stereocenters. The molecule has 0 saturated carbocycles. The Bertz CT molecular complexity index is 799. The maximum Gasteiger partial charge on any atom is 0.359 e. The van der Waals surface area contributed by atoms with Crippen molar-refractivity contribution < 1.29 is 14.5 Å². The van der Waals surface area contributed by atoms with Gasteiger partial charge in [-0.3, -0.25) is 15.5 Å². The molecule has 0 spiro atoms. The first kappa shape index (κ1) is 18.9. The van der Waals surface area contributed by atoms with Crippen molar-refractivity contribution in [3.05, 3.63) is 64.2 Å². The van der Waals surface area contributed by atoms with Gasteiger partial charge in [0.1, 0.15) is 0 Å². The molecule has 0 saturated heterocycles. The summed E-state index contributed by atoms with van der Waals surface area (Å²) < 4.78 is 5.07. The average Bonchev–Trinajstić information content (AvgIpc) is 2.63. The summed E-state index contributed by atoms with van der Waals surface area (Å²) in [5.41, 5.74) is 4.94. The summed E-state index contributed by atoms with van der Waals surface area (Å²) in [6, 6.07) is 13.0. The van der Waals surface area contributed by atoms with E-state index < -0.39 is 10.9 Å². The fourth-order valence-corrected chi connectivity index (χ4v) is 2.12. The van der Waals surface area contributed by atoms with Crippen molar-refractivity contribution in [3.63, 3.8) is 0 Å². The van der Waals surface area contributed by atoms with E-state index in [1.165, 1.54) is 24.3 Å². The summed E-state index contributed by atoms with van der Waals surface area (Å²) in [6.07, 6.45) is 0. The van der Waals surface area contributed by atoms with Crippen molar-refractivity contribution in [1.29, 1.82) is 0 Å². The second-order valence-electron chi connectivity index (χ2n) is 5.54. The highest BCUT2D eigenvalue weighted by molar-refractivity contribution is 6.43. The maximum atomic E-state index is 12.2. The van der Waals surface area contributed by atoms with Crippen molar-refractivity contribution in [3.8, 4) is 0 Å². The highest BCUT2D eigenvalue weighted by Crippen LogP contribution is 2.17. The smallest absolute Gasteiger partial charge is 0.359 e. The van der Waals surface area contributed by atoms with Crippen molar-refractivity contribution in [1.82, 2.24) is 0 Å². The van der Waals surface area contributed by atoms with Gasteiger partial charge >= 0.3 is 5.97 Å². The highest BCUT2D eigenvalue weighted by atomic mass is 16.6. The third kappa shape index (κ3) is 4.79. The molecule has 0 aliphatic rings. The van der Waals surface area contributed by atoms with Crippen LogP contribution in [0.4, 0.5) is 17.1 Å². The monoisotopic (exact) mass is 356 g/mol.